The first kappa shape index (κ1) is 22.4. The molecule has 2 heterocycles. The minimum atomic E-state index is -0.731. The minimum absolute atomic E-state index is 0.0629. The fourth-order valence-electron chi connectivity index (χ4n) is 2.45. The van der Waals surface area contributed by atoms with Gasteiger partial charge >= 0.3 is 5.97 Å². The van der Waals surface area contributed by atoms with Crippen molar-refractivity contribution in [2.75, 3.05) is 26.0 Å². The van der Waals surface area contributed by atoms with Crippen LogP contribution in [0.4, 0.5) is 10.1 Å². The number of aliphatic imine (C=N–C) groups is 1. The minimum Gasteiger partial charge on any atom is -0.465 e. The maximum absolute atomic E-state index is 14.6. The van der Waals surface area contributed by atoms with Crippen molar-refractivity contribution in [2.24, 2.45) is 10.7 Å². The fraction of sp³-hybridized carbons (Fsp3) is 0.278. The third kappa shape index (κ3) is 4.60. The number of hydrogen-bond acceptors (Lipinski definition) is 9. The molecule has 0 unspecified atom stereocenters. The van der Waals surface area contributed by atoms with Gasteiger partial charge in [0.05, 0.1) is 7.11 Å². The molecule has 0 saturated carbocycles. The van der Waals surface area contributed by atoms with E-state index in [-0.39, 0.29) is 44.4 Å². The molecule has 0 fully saturated rings. The number of esters is 1. The summed E-state index contributed by atoms with van der Waals surface area (Å²) in [6.45, 7) is 3.42. The average Bonchev–Trinajstić information content (AvgIpc) is 3.14. The van der Waals surface area contributed by atoms with Gasteiger partial charge in [-0.2, -0.15) is 0 Å². The molecule has 4 N–H and O–H groups in total. The monoisotopic (exact) mass is 438 g/mol. The van der Waals surface area contributed by atoms with Gasteiger partial charge in [0.25, 0.3) is 0 Å². The van der Waals surface area contributed by atoms with E-state index >= 15 is 0 Å². The maximum Gasteiger partial charge on any atom is 0.350 e. The van der Waals surface area contributed by atoms with Gasteiger partial charge in [-0.3, -0.25) is 4.99 Å². The lowest BCUT2D eigenvalue weighted by molar-refractivity contribution is 0.0607. The second kappa shape index (κ2) is 9.57. The Morgan fingerprint density at radius 3 is 2.69 bits per heavy atom. The number of nitrogens with zero attached hydrogens (tertiary/aromatic N) is 3. The highest BCUT2D eigenvalue weighted by Gasteiger charge is 2.27. The highest BCUT2D eigenvalue weighted by atomic mass is 35.5. The number of methoxy groups -OCH3 is 1. The summed E-state index contributed by atoms with van der Waals surface area (Å²) in [6, 6.07) is 1.54. The van der Waals surface area contributed by atoms with Gasteiger partial charge in [0, 0.05) is 36.8 Å². The molecule has 0 saturated heterocycles. The second-order valence-corrected chi connectivity index (χ2v) is 7.04. The van der Waals surface area contributed by atoms with E-state index in [2.05, 4.69) is 20.3 Å². The van der Waals surface area contributed by atoms with Crippen molar-refractivity contribution in [2.45, 2.75) is 13.8 Å². The van der Waals surface area contributed by atoms with Crippen LogP contribution in [0, 0.1) is 5.41 Å². The predicted molar refractivity (Wildman–Crippen MR) is 114 cm³/mol. The Balaban J connectivity index is 2.86. The van der Waals surface area contributed by atoms with E-state index in [1.165, 1.54) is 14.0 Å². The van der Waals surface area contributed by atoms with E-state index in [1.54, 1.807) is 20.0 Å². The fourth-order valence-corrected chi connectivity index (χ4v) is 3.63. The number of hydrogen-bond donors (Lipinski definition) is 3. The van der Waals surface area contributed by atoms with E-state index in [1.807, 2.05) is 0 Å². The first-order valence-corrected chi connectivity index (χ1v) is 9.63. The van der Waals surface area contributed by atoms with Gasteiger partial charge in [-0.05, 0) is 19.9 Å². The summed E-state index contributed by atoms with van der Waals surface area (Å²) < 4.78 is 19.5. The molecule has 2 aromatic heterocycles. The van der Waals surface area contributed by atoms with Gasteiger partial charge in [-0.25, -0.2) is 19.2 Å². The molecular formula is C18H20ClFN6O2S. The molecule has 0 aliphatic heterocycles. The van der Waals surface area contributed by atoms with Crippen molar-refractivity contribution >= 4 is 46.5 Å². The molecule has 0 aliphatic carbocycles. The Bertz CT molecular complexity index is 1010. The smallest absolute Gasteiger partial charge is 0.350 e. The highest BCUT2D eigenvalue weighted by Crippen LogP contribution is 2.34. The summed E-state index contributed by atoms with van der Waals surface area (Å²) in [7, 11) is 2.88. The number of thiazole rings is 1. The molecule has 0 amide bonds. The molecule has 2 aromatic rings. The molecule has 0 aromatic carbocycles. The Morgan fingerprint density at radius 1 is 1.48 bits per heavy atom. The first-order valence-electron chi connectivity index (χ1n) is 8.44. The molecule has 8 nitrogen and oxygen atoms in total. The van der Waals surface area contributed by atoms with Crippen LogP contribution in [0.15, 0.2) is 22.6 Å². The molecule has 29 heavy (non-hydrogen) atoms. The summed E-state index contributed by atoms with van der Waals surface area (Å²) in [5.41, 5.74) is 6.64. The zero-order valence-electron chi connectivity index (χ0n) is 16.3. The summed E-state index contributed by atoms with van der Waals surface area (Å²) in [5.74, 6) is -1.41. The molecule has 0 spiro atoms. The number of aromatic nitrogens is 2. The lowest BCUT2D eigenvalue weighted by Gasteiger charge is -2.10. The highest BCUT2D eigenvalue weighted by molar-refractivity contribution is 7.16. The van der Waals surface area contributed by atoms with Crippen LogP contribution >= 0.6 is 22.9 Å². The van der Waals surface area contributed by atoms with Crippen LogP contribution in [0.25, 0.3) is 11.4 Å². The number of halogens is 2. The topological polar surface area (TPSA) is 126 Å². The Morgan fingerprint density at radius 2 is 2.17 bits per heavy atom. The molecule has 2 rings (SSSR count). The molecular weight excluding hydrogens is 419 g/mol. The second-order valence-electron chi connectivity index (χ2n) is 5.66. The largest absolute Gasteiger partial charge is 0.465 e. The predicted octanol–water partition coefficient (Wildman–Crippen LogP) is 3.65. The lowest BCUT2D eigenvalue weighted by Crippen LogP contribution is -2.08. The summed E-state index contributed by atoms with van der Waals surface area (Å²) in [4.78, 5) is 25.2. The van der Waals surface area contributed by atoms with E-state index in [9.17, 15) is 9.18 Å². The zero-order chi connectivity index (χ0) is 21.7. The van der Waals surface area contributed by atoms with Crippen LogP contribution < -0.4 is 11.1 Å². The molecule has 154 valence electrons. The van der Waals surface area contributed by atoms with Gasteiger partial charge in [-0.1, -0.05) is 11.6 Å². The Kier molecular flexibility index (Phi) is 7.40. The Hall–Kier alpha value is -2.85. The van der Waals surface area contributed by atoms with Crippen LogP contribution in [-0.4, -0.2) is 48.6 Å². The van der Waals surface area contributed by atoms with Crippen LogP contribution in [0.5, 0.6) is 0 Å². The molecule has 0 radical (unpaired) electrons. The molecule has 11 heteroatoms. The number of ether oxygens (including phenoxy) is 1. The summed E-state index contributed by atoms with van der Waals surface area (Å²) in [6.07, 6.45) is 1.07. The van der Waals surface area contributed by atoms with Gasteiger partial charge in [0.15, 0.2) is 5.83 Å². The summed E-state index contributed by atoms with van der Waals surface area (Å²) >= 11 is 7.00. The van der Waals surface area contributed by atoms with E-state index in [0.717, 1.165) is 17.6 Å². The number of nitrogens with one attached hydrogen (secondary N) is 2. The Labute approximate surface area is 176 Å². The van der Waals surface area contributed by atoms with E-state index in [0.29, 0.717) is 11.3 Å². The van der Waals surface area contributed by atoms with Crippen molar-refractivity contribution in [3.05, 3.63) is 38.2 Å². The van der Waals surface area contributed by atoms with Crippen molar-refractivity contribution in [1.29, 1.82) is 5.41 Å². The van der Waals surface area contributed by atoms with Gasteiger partial charge < -0.3 is 21.2 Å². The average molecular weight is 439 g/mol. The third-order valence-corrected chi connectivity index (χ3v) is 4.97. The number of rotatable bonds is 7. The van der Waals surface area contributed by atoms with Gasteiger partial charge in [0.1, 0.15) is 32.1 Å². The normalized spacial score (nSPS) is 12.4. The van der Waals surface area contributed by atoms with E-state index < -0.39 is 11.8 Å². The molecule has 0 atom stereocenters. The molecule has 0 aliphatic rings. The van der Waals surface area contributed by atoms with Crippen molar-refractivity contribution < 1.29 is 13.9 Å². The van der Waals surface area contributed by atoms with E-state index in [4.69, 9.17) is 27.5 Å². The third-order valence-electron chi connectivity index (χ3n) is 3.74. The van der Waals surface area contributed by atoms with Crippen molar-refractivity contribution in [3.63, 3.8) is 0 Å². The summed E-state index contributed by atoms with van der Waals surface area (Å²) in [5, 5.41) is 10.9. The number of carbonyl (C=O) groups is 1. The number of carbonyl (C=O) groups excluding carboxylic acids is 1. The number of anilines is 1. The van der Waals surface area contributed by atoms with Crippen LogP contribution in [-0.2, 0) is 4.74 Å². The maximum atomic E-state index is 14.6. The van der Waals surface area contributed by atoms with Crippen molar-refractivity contribution in [3.8, 4) is 11.4 Å². The zero-order valence-corrected chi connectivity index (χ0v) is 17.8. The van der Waals surface area contributed by atoms with Gasteiger partial charge in [0.2, 0.25) is 0 Å². The van der Waals surface area contributed by atoms with Crippen LogP contribution in [0.2, 0.25) is 5.15 Å². The van der Waals surface area contributed by atoms with Crippen molar-refractivity contribution in [1.82, 2.24) is 9.97 Å². The van der Waals surface area contributed by atoms with Gasteiger partial charge in [-0.15, -0.1) is 11.3 Å². The standard InChI is InChI=1S/C18H20ClFN6O2S/c1-5-24-14(12(20)8(2)22)17-26-15(16(29-17)18(27)28-4)13-9(7-21)10(23-3)6-11(19)25-13/h6-7,21H,5,22H2,1-4H3,(H,23,25)/b12-8+,21-7?,24-14?. The first-order chi connectivity index (χ1) is 13.8. The number of pyridine rings is 1. The number of allylic oxidation sites excluding steroid dienone is 2. The van der Waals surface area contributed by atoms with Crippen LogP contribution in [0.1, 0.15) is 34.1 Å². The quantitative estimate of drug-likeness (QED) is 0.344. The SMILES string of the molecule is CCN=C(/C(F)=C(/C)N)c1nc(-c2nc(Cl)cc(NC)c2C=N)c(C(=O)OC)s1. The number of nitrogens with two attached hydrogens (primary N) is 1. The molecule has 0 bridgehead atoms. The lowest BCUT2D eigenvalue weighted by atomic mass is 10.1. The van der Waals surface area contributed by atoms with Crippen LogP contribution in [0.3, 0.4) is 0 Å².